The molecule has 1 saturated carbocycles. The normalized spacial score (nSPS) is 15.0. The molecule has 0 aliphatic heterocycles. The molecule has 2 aromatic rings. The van der Waals surface area contributed by atoms with Gasteiger partial charge in [0, 0.05) is 37.8 Å². The van der Waals surface area contributed by atoms with Crippen molar-refractivity contribution in [1.82, 2.24) is 20.0 Å². The molecule has 0 saturated heterocycles. The van der Waals surface area contributed by atoms with Crippen LogP contribution in [0.5, 0.6) is 0 Å². The topological polar surface area (TPSA) is 73.0 Å². The Balaban J connectivity index is 1.50. The number of aryl methyl sites for hydroxylation is 1. The zero-order valence-corrected chi connectivity index (χ0v) is 12.4. The van der Waals surface area contributed by atoms with Gasteiger partial charge in [-0.25, -0.2) is 0 Å². The summed E-state index contributed by atoms with van der Waals surface area (Å²) in [6, 6.07) is 1.83. The van der Waals surface area contributed by atoms with E-state index in [1.807, 2.05) is 30.8 Å². The number of hydrogen-bond donors (Lipinski definition) is 1. The second-order valence-electron chi connectivity index (χ2n) is 5.61. The van der Waals surface area contributed by atoms with Crippen LogP contribution in [-0.2, 0) is 13.5 Å². The van der Waals surface area contributed by atoms with Crippen molar-refractivity contribution in [2.45, 2.75) is 38.5 Å². The van der Waals surface area contributed by atoms with Gasteiger partial charge in [-0.15, -0.1) is 0 Å². The van der Waals surface area contributed by atoms with Gasteiger partial charge < -0.3 is 14.4 Å². The van der Waals surface area contributed by atoms with E-state index in [4.69, 9.17) is 4.52 Å². The van der Waals surface area contributed by atoms with Crippen molar-refractivity contribution in [2.75, 3.05) is 6.54 Å². The highest BCUT2D eigenvalue weighted by Crippen LogP contribution is 2.35. The van der Waals surface area contributed by atoms with Gasteiger partial charge >= 0.3 is 0 Å². The highest BCUT2D eigenvalue weighted by Gasteiger charge is 2.25. The van der Waals surface area contributed by atoms with Gasteiger partial charge in [-0.1, -0.05) is 11.6 Å². The lowest BCUT2D eigenvalue weighted by Crippen LogP contribution is -2.26. The maximum Gasteiger partial charge on any atom is 0.253 e. The summed E-state index contributed by atoms with van der Waals surface area (Å²) in [7, 11) is 1.92. The smallest absolute Gasteiger partial charge is 0.253 e. The summed E-state index contributed by atoms with van der Waals surface area (Å²) in [6.45, 7) is 2.44. The van der Waals surface area contributed by atoms with Gasteiger partial charge in [0.25, 0.3) is 5.91 Å². The first-order chi connectivity index (χ1) is 10.1. The number of nitrogens with one attached hydrogen (secondary N) is 1. The fourth-order valence-electron chi connectivity index (χ4n) is 2.42. The van der Waals surface area contributed by atoms with Crippen LogP contribution in [0.3, 0.4) is 0 Å². The molecule has 0 aromatic carbocycles. The Labute approximate surface area is 123 Å². The van der Waals surface area contributed by atoms with E-state index in [9.17, 15) is 4.79 Å². The molecule has 6 nitrogen and oxygen atoms in total. The Morgan fingerprint density at radius 1 is 1.52 bits per heavy atom. The molecular formula is C15H20N4O2. The third-order valence-corrected chi connectivity index (χ3v) is 4.20. The van der Waals surface area contributed by atoms with Crippen molar-refractivity contribution in [3.8, 4) is 0 Å². The summed E-state index contributed by atoms with van der Waals surface area (Å²) < 4.78 is 7.19. The van der Waals surface area contributed by atoms with E-state index >= 15 is 0 Å². The Morgan fingerprint density at radius 3 is 2.95 bits per heavy atom. The molecule has 2 heterocycles. The summed E-state index contributed by atoms with van der Waals surface area (Å²) in [5.74, 6) is 1.81. The van der Waals surface area contributed by atoms with Gasteiger partial charge in [0.15, 0.2) is 5.82 Å². The number of carbonyl (C=O) groups is 1. The molecule has 0 atom stereocenters. The number of aromatic nitrogens is 3. The lowest BCUT2D eigenvalue weighted by atomic mass is 9.85. The average Bonchev–Trinajstić information content (AvgIpc) is 2.97. The maximum atomic E-state index is 12.0. The van der Waals surface area contributed by atoms with Crippen LogP contribution < -0.4 is 5.32 Å². The molecule has 0 unspecified atom stereocenters. The monoisotopic (exact) mass is 288 g/mol. The van der Waals surface area contributed by atoms with E-state index in [0.29, 0.717) is 30.3 Å². The van der Waals surface area contributed by atoms with Gasteiger partial charge in [-0.2, -0.15) is 4.98 Å². The van der Waals surface area contributed by atoms with Gasteiger partial charge in [0.2, 0.25) is 5.89 Å². The van der Waals surface area contributed by atoms with E-state index < -0.39 is 0 Å². The number of amides is 1. The lowest BCUT2D eigenvalue weighted by molar-refractivity contribution is 0.0953. The molecule has 0 bridgehead atoms. The molecule has 1 aliphatic carbocycles. The minimum absolute atomic E-state index is 0.0594. The van der Waals surface area contributed by atoms with Gasteiger partial charge in [-0.05, 0) is 25.8 Å². The van der Waals surface area contributed by atoms with Crippen molar-refractivity contribution in [2.24, 2.45) is 7.05 Å². The summed E-state index contributed by atoms with van der Waals surface area (Å²) in [6.07, 6.45) is 6.01. The first-order valence-electron chi connectivity index (χ1n) is 7.37. The fraction of sp³-hybridized carbons (Fsp3) is 0.533. The molecule has 1 aliphatic rings. The first kappa shape index (κ1) is 13.9. The van der Waals surface area contributed by atoms with Crippen molar-refractivity contribution >= 4 is 5.91 Å². The van der Waals surface area contributed by atoms with Crippen molar-refractivity contribution in [3.05, 3.63) is 35.2 Å². The molecular weight excluding hydrogens is 268 g/mol. The Hall–Kier alpha value is -2.11. The number of hydrogen-bond acceptors (Lipinski definition) is 4. The van der Waals surface area contributed by atoms with E-state index in [1.165, 1.54) is 6.42 Å². The first-order valence-corrected chi connectivity index (χ1v) is 7.37. The van der Waals surface area contributed by atoms with Gasteiger partial charge in [0.05, 0.1) is 5.56 Å². The minimum Gasteiger partial charge on any atom is -0.354 e. The predicted molar refractivity (Wildman–Crippen MR) is 77.1 cm³/mol. The van der Waals surface area contributed by atoms with E-state index in [-0.39, 0.29) is 5.91 Å². The molecule has 1 N–H and O–H groups in total. The largest absolute Gasteiger partial charge is 0.354 e. The number of nitrogens with zero attached hydrogens (tertiary/aromatic N) is 3. The Morgan fingerprint density at radius 2 is 2.33 bits per heavy atom. The summed E-state index contributed by atoms with van der Waals surface area (Å²) >= 11 is 0. The van der Waals surface area contributed by atoms with E-state index in [2.05, 4.69) is 15.5 Å². The van der Waals surface area contributed by atoms with Crippen LogP contribution in [0.2, 0.25) is 0 Å². The van der Waals surface area contributed by atoms with Crippen molar-refractivity contribution < 1.29 is 9.32 Å². The van der Waals surface area contributed by atoms with Crippen LogP contribution in [-0.4, -0.2) is 27.2 Å². The van der Waals surface area contributed by atoms with Gasteiger partial charge in [-0.3, -0.25) is 4.79 Å². The molecule has 6 heteroatoms. The maximum absolute atomic E-state index is 12.0. The fourth-order valence-corrected chi connectivity index (χ4v) is 2.42. The van der Waals surface area contributed by atoms with Crippen molar-refractivity contribution in [3.63, 3.8) is 0 Å². The second kappa shape index (κ2) is 5.71. The zero-order valence-electron chi connectivity index (χ0n) is 12.4. The number of rotatable bonds is 5. The molecule has 3 rings (SSSR count). The van der Waals surface area contributed by atoms with Crippen LogP contribution in [0.15, 0.2) is 16.8 Å². The SMILES string of the molecule is Cc1c(C(=O)NCCc2noc(C3CCC3)n2)ccn1C. The predicted octanol–water partition coefficient (Wildman–Crippen LogP) is 1.96. The zero-order chi connectivity index (χ0) is 14.8. The van der Waals surface area contributed by atoms with E-state index in [0.717, 1.165) is 24.4 Å². The van der Waals surface area contributed by atoms with Crippen molar-refractivity contribution in [1.29, 1.82) is 0 Å². The van der Waals surface area contributed by atoms with Crippen LogP contribution in [0.1, 0.15) is 52.9 Å². The lowest BCUT2D eigenvalue weighted by Gasteiger charge is -2.20. The number of carbonyl (C=O) groups excluding carboxylic acids is 1. The van der Waals surface area contributed by atoms with Crippen LogP contribution in [0.4, 0.5) is 0 Å². The Bertz CT molecular complexity index is 640. The molecule has 2 aromatic heterocycles. The summed E-state index contributed by atoms with van der Waals surface area (Å²) in [5.41, 5.74) is 1.67. The summed E-state index contributed by atoms with van der Waals surface area (Å²) in [4.78, 5) is 16.4. The molecule has 0 radical (unpaired) electrons. The molecule has 21 heavy (non-hydrogen) atoms. The highest BCUT2D eigenvalue weighted by molar-refractivity contribution is 5.95. The Kier molecular flexibility index (Phi) is 3.77. The molecule has 0 spiro atoms. The third-order valence-electron chi connectivity index (χ3n) is 4.20. The van der Waals surface area contributed by atoms with Crippen LogP contribution in [0.25, 0.3) is 0 Å². The third kappa shape index (κ3) is 2.84. The minimum atomic E-state index is -0.0594. The average molecular weight is 288 g/mol. The van der Waals surface area contributed by atoms with E-state index in [1.54, 1.807) is 0 Å². The standard InChI is InChI=1S/C15H20N4O2/c1-10-12(7-9-19(10)2)14(20)16-8-6-13-17-15(21-18-13)11-4-3-5-11/h7,9,11H,3-6,8H2,1-2H3,(H,16,20). The van der Waals surface area contributed by atoms with Gasteiger partial charge in [0.1, 0.15) is 0 Å². The van der Waals surface area contributed by atoms with Crippen LogP contribution in [0, 0.1) is 6.92 Å². The molecule has 112 valence electrons. The highest BCUT2D eigenvalue weighted by atomic mass is 16.5. The second-order valence-corrected chi connectivity index (χ2v) is 5.61. The molecule has 1 fully saturated rings. The van der Waals surface area contributed by atoms with Crippen LogP contribution >= 0.6 is 0 Å². The summed E-state index contributed by atoms with van der Waals surface area (Å²) in [5, 5.41) is 6.86. The molecule has 1 amide bonds. The quantitative estimate of drug-likeness (QED) is 0.912.